The van der Waals surface area contributed by atoms with Crippen LogP contribution >= 0.6 is 0 Å². The number of carbonyl (C=O) groups excluding carboxylic acids is 1. The van der Waals surface area contributed by atoms with Gasteiger partial charge in [-0.2, -0.15) is 0 Å². The quantitative estimate of drug-likeness (QED) is 0.557. The monoisotopic (exact) mass is 147 g/mol. The molecular formula is C10H11O. The Morgan fingerprint density at radius 1 is 1.36 bits per heavy atom. The lowest BCUT2D eigenvalue weighted by atomic mass is 10.1. The predicted molar refractivity (Wildman–Crippen MR) is 44.8 cm³/mol. The average Bonchev–Trinajstić information content (AvgIpc) is 1.85. The second kappa shape index (κ2) is 2.87. The third-order valence-corrected chi connectivity index (χ3v) is 1.53. The number of rotatable bonds is 1. The van der Waals surface area contributed by atoms with E-state index in [1.54, 1.807) is 6.92 Å². The van der Waals surface area contributed by atoms with Gasteiger partial charge in [0.25, 0.3) is 0 Å². The number of carbonyl (C=O) groups is 1. The Kier molecular flexibility index (Phi) is 2.08. The van der Waals surface area contributed by atoms with Crippen LogP contribution < -0.4 is 0 Å². The minimum atomic E-state index is 0.0804. The van der Waals surface area contributed by atoms with E-state index in [-0.39, 0.29) is 5.78 Å². The van der Waals surface area contributed by atoms with E-state index < -0.39 is 0 Å². The molecule has 0 atom stereocenters. The first-order valence-corrected chi connectivity index (χ1v) is 3.61. The van der Waals surface area contributed by atoms with Crippen LogP contribution in [0.1, 0.15) is 28.4 Å². The van der Waals surface area contributed by atoms with Crippen molar-refractivity contribution in [1.82, 2.24) is 0 Å². The number of hydrogen-bond acceptors (Lipinski definition) is 1. The van der Waals surface area contributed by atoms with Crippen LogP contribution in [-0.2, 0) is 0 Å². The second-order valence-electron chi connectivity index (χ2n) is 2.81. The Hall–Kier alpha value is -1.11. The molecule has 1 nitrogen and oxygen atoms in total. The minimum absolute atomic E-state index is 0.0804. The van der Waals surface area contributed by atoms with Gasteiger partial charge in [-0.3, -0.25) is 4.79 Å². The molecule has 0 saturated heterocycles. The molecule has 0 aliphatic rings. The van der Waals surface area contributed by atoms with E-state index in [2.05, 4.69) is 6.07 Å². The summed E-state index contributed by atoms with van der Waals surface area (Å²) in [5.74, 6) is 0.0804. The topological polar surface area (TPSA) is 17.1 Å². The zero-order valence-electron chi connectivity index (χ0n) is 7.06. The smallest absolute Gasteiger partial charge is 0.160 e. The van der Waals surface area contributed by atoms with Crippen LogP contribution in [-0.4, -0.2) is 5.78 Å². The molecule has 11 heavy (non-hydrogen) atoms. The van der Waals surface area contributed by atoms with E-state index >= 15 is 0 Å². The number of benzene rings is 1. The van der Waals surface area contributed by atoms with Crippen LogP contribution in [0.25, 0.3) is 0 Å². The molecule has 0 spiro atoms. The van der Waals surface area contributed by atoms with Crippen LogP contribution in [0.3, 0.4) is 0 Å². The Morgan fingerprint density at radius 2 is 2.00 bits per heavy atom. The summed E-state index contributed by atoms with van der Waals surface area (Å²) in [5, 5.41) is 0. The van der Waals surface area contributed by atoms with Crippen LogP contribution in [0.4, 0.5) is 0 Å². The standard InChI is InChI=1S/C10H11O/c1-7-4-8(2)6-10(5-7)9(3)11/h4-5H,1-3H3. The Bertz CT molecular complexity index is 267. The predicted octanol–water partition coefficient (Wildman–Crippen LogP) is 2.31. The average molecular weight is 147 g/mol. The van der Waals surface area contributed by atoms with E-state index in [0.29, 0.717) is 5.56 Å². The molecule has 57 valence electrons. The maximum atomic E-state index is 10.9. The van der Waals surface area contributed by atoms with Crippen molar-refractivity contribution in [3.8, 4) is 0 Å². The maximum Gasteiger partial charge on any atom is 0.160 e. The van der Waals surface area contributed by atoms with Crippen LogP contribution in [0.15, 0.2) is 12.1 Å². The van der Waals surface area contributed by atoms with Gasteiger partial charge >= 0.3 is 0 Å². The van der Waals surface area contributed by atoms with Gasteiger partial charge in [0.15, 0.2) is 5.78 Å². The van der Waals surface area contributed by atoms with Crippen molar-refractivity contribution < 1.29 is 4.79 Å². The lowest BCUT2D eigenvalue weighted by molar-refractivity contribution is 0.101. The van der Waals surface area contributed by atoms with E-state index in [1.807, 2.05) is 26.0 Å². The highest BCUT2D eigenvalue weighted by molar-refractivity contribution is 5.94. The third-order valence-electron chi connectivity index (χ3n) is 1.53. The minimum Gasteiger partial charge on any atom is -0.294 e. The second-order valence-corrected chi connectivity index (χ2v) is 2.81. The highest BCUT2D eigenvalue weighted by Crippen LogP contribution is 2.07. The molecule has 1 radical (unpaired) electrons. The largest absolute Gasteiger partial charge is 0.294 e. The summed E-state index contributed by atoms with van der Waals surface area (Å²) in [4.78, 5) is 10.9. The van der Waals surface area contributed by atoms with Gasteiger partial charge in [0.2, 0.25) is 0 Å². The first-order chi connectivity index (χ1) is 5.09. The van der Waals surface area contributed by atoms with E-state index in [9.17, 15) is 4.79 Å². The number of hydrogen-bond donors (Lipinski definition) is 0. The lowest BCUT2D eigenvalue weighted by Gasteiger charge is -1.98. The van der Waals surface area contributed by atoms with Crippen molar-refractivity contribution in [2.75, 3.05) is 0 Å². The van der Waals surface area contributed by atoms with Crippen molar-refractivity contribution in [2.45, 2.75) is 20.8 Å². The van der Waals surface area contributed by atoms with Crippen LogP contribution in [0.5, 0.6) is 0 Å². The highest BCUT2D eigenvalue weighted by atomic mass is 16.1. The molecule has 0 aromatic heterocycles. The Labute approximate surface area is 67.1 Å². The summed E-state index contributed by atoms with van der Waals surface area (Å²) < 4.78 is 0. The summed E-state index contributed by atoms with van der Waals surface area (Å²) in [6.07, 6.45) is 0. The van der Waals surface area contributed by atoms with Gasteiger partial charge in [-0.25, -0.2) is 0 Å². The molecular weight excluding hydrogens is 136 g/mol. The normalized spacial score (nSPS) is 9.73. The number of aryl methyl sites for hydroxylation is 2. The molecule has 0 saturated carbocycles. The maximum absolute atomic E-state index is 10.9. The van der Waals surface area contributed by atoms with Gasteiger partial charge in [-0.1, -0.05) is 11.6 Å². The Morgan fingerprint density at radius 3 is 2.45 bits per heavy atom. The SMILES string of the molecule is CC(=O)c1[c]c(C)cc(C)c1. The summed E-state index contributed by atoms with van der Waals surface area (Å²) >= 11 is 0. The van der Waals surface area contributed by atoms with Crippen molar-refractivity contribution in [1.29, 1.82) is 0 Å². The first-order valence-electron chi connectivity index (χ1n) is 3.61. The summed E-state index contributed by atoms with van der Waals surface area (Å²) in [5.41, 5.74) is 2.82. The van der Waals surface area contributed by atoms with Crippen LogP contribution in [0, 0.1) is 19.9 Å². The molecule has 0 fully saturated rings. The highest BCUT2D eigenvalue weighted by Gasteiger charge is 1.99. The molecule has 1 aromatic carbocycles. The fraction of sp³-hybridized carbons (Fsp3) is 0.300. The zero-order chi connectivity index (χ0) is 8.43. The van der Waals surface area contributed by atoms with Gasteiger partial charge in [0, 0.05) is 5.56 Å². The molecule has 0 heterocycles. The molecule has 1 rings (SSSR count). The summed E-state index contributed by atoms with van der Waals surface area (Å²) in [6.45, 7) is 5.48. The van der Waals surface area contributed by atoms with E-state index in [1.165, 1.54) is 0 Å². The van der Waals surface area contributed by atoms with Crippen LogP contribution in [0.2, 0.25) is 0 Å². The van der Waals surface area contributed by atoms with E-state index in [0.717, 1.165) is 11.1 Å². The van der Waals surface area contributed by atoms with Gasteiger partial charge in [-0.15, -0.1) is 0 Å². The molecule has 0 N–H and O–H groups in total. The molecule has 1 heteroatoms. The Balaban J connectivity index is 3.19. The molecule has 0 aliphatic heterocycles. The van der Waals surface area contributed by atoms with E-state index in [4.69, 9.17) is 0 Å². The van der Waals surface area contributed by atoms with Gasteiger partial charge in [0.1, 0.15) is 0 Å². The third kappa shape index (κ3) is 1.90. The summed E-state index contributed by atoms with van der Waals surface area (Å²) in [6, 6.07) is 6.86. The van der Waals surface area contributed by atoms with Gasteiger partial charge in [-0.05, 0) is 38.5 Å². The fourth-order valence-electron chi connectivity index (χ4n) is 1.09. The lowest BCUT2D eigenvalue weighted by Crippen LogP contribution is -1.93. The van der Waals surface area contributed by atoms with Crippen molar-refractivity contribution in [3.05, 3.63) is 34.9 Å². The zero-order valence-corrected chi connectivity index (χ0v) is 7.06. The van der Waals surface area contributed by atoms with Gasteiger partial charge < -0.3 is 0 Å². The first kappa shape index (κ1) is 7.99. The molecule has 0 bridgehead atoms. The molecule has 1 aromatic rings. The van der Waals surface area contributed by atoms with Crippen molar-refractivity contribution in [3.63, 3.8) is 0 Å². The molecule has 0 amide bonds. The fourth-order valence-corrected chi connectivity index (χ4v) is 1.09. The number of Topliss-reactive ketones (excluding diaryl/α,β-unsaturated/α-hetero) is 1. The van der Waals surface area contributed by atoms with Crippen molar-refractivity contribution in [2.24, 2.45) is 0 Å². The van der Waals surface area contributed by atoms with Crippen molar-refractivity contribution >= 4 is 5.78 Å². The molecule has 0 unspecified atom stereocenters. The molecule has 0 aliphatic carbocycles. The number of ketones is 1. The summed E-state index contributed by atoms with van der Waals surface area (Å²) in [7, 11) is 0. The van der Waals surface area contributed by atoms with Gasteiger partial charge in [0.05, 0.1) is 0 Å².